The van der Waals surface area contributed by atoms with Gasteiger partial charge in [0.25, 0.3) is 0 Å². The number of rotatable bonds is 4. The van der Waals surface area contributed by atoms with Crippen molar-refractivity contribution < 1.29 is 0 Å². The average Bonchev–Trinajstić information content (AvgIpc) is 2.56. The van der Waals surface area contributed by atoms with Crippen LogP contribution in [0.25, 0.3) is 22.5 Å². The monoisotopic (exact) mass is 276 g/mol. The van der Waals surface area contributed by atoms with Crippen molar-refractivity contribution in [2.45, 2.75) is 0 Å². The predicted octanol–water partition coefficient (Wildman–Crippen LogP) is 3.36. The Morgan fingerprint density at radius 3 is 1.62 bits per heavy atom. The maximum absolute atomic E-state index is 4.53. The molecule has 0 spiro atoms. The summed E-state index contributed by atoms with van der Waals surface area (Å²) in [6.45, 7) is 0. The van der Waals surface area contributed by atoms with Crippen LogP contribution in [0.5, 0.6) is 0 Å². The topological polar surface area (TPSA) is 49.8 Å². The van der Waals surface area contributed by atoms with Gasteiger partial charge in [0.2, 0.25) is 5.95 Å². The van der Waals surface area contributed by atoms with Gasteiger partial charge in [-0.3, -0.25) is 5.43 Å². The minimum atomic E-state index is 0.553. The van der Waals surface area contributed by atoms with Gasteiger partial charge in [-0.25, -0.2) is 15.4 Å². The van der Waals surface area contributed by atoms with Crippen LogP contribution in [0.15, 0.2) is 66.7 Å². The number of hydrogen-bond acceptors (Lipinski definition) is 4. The Labute approximate surface area is 123 Å². The number of anilines is 1. The van der Waals surface area contributed by atoms with Crippen LogP contribution in [-0.2, 0) is 0 Å². The van der Waals surface area contributed by atoms with Crippen LogP contribution in [0.2, 0.25) is 0 Å². The summed E-state index contributed by atoms with van der Waals surface area (Å²) in [6.07, 6.45) is 0. The van der Waals surface area contributed by atoms with Gasteiger partial charge >= 0.3 is 0 Å². The number of aromatic nitrogens is 2. The molecule has 0 saturated carbocycles. The first kappa shape index (κ1) is 13.3. The van der Waals surface area contributed by atoms with E-state index < -0.39 is 0 Å². The molecule has 1 aromatic heterocycles. The van der Waals surface area contributed by atoms with Crippen molar-refractivity contribution in [3.63, 3.8) is 0 Å². The molecular weight excluding hydrogens is 260 g/mol. The molecule has 0 unspecified atom stereocenters. The van der Waals surface area contributed by atoms with Crippen LogP contribution in [0, 0.1) is 0 Å². The second-order valence-electron chi connectivity index (χ2n) is 4.57. The van der Waals surface area contributed by atoms with E-state index in [0.717, 1.165) is 22.5 Å². The molecule has 21 heavy (non-hydrogen) atoms. The molecule has 2 N–H and O–H groups in total. The Hall–Kier alpha value is -2.72. The SMILES string of the molecule is CNNc1nc(-c2ccccc2)cc(-c2ccccc2)n1. The van der Waals surface area contributed by atoms with E-state index in [4.69, 9.17) is 0 Å². The molecule has 104 valence electrons. The Bertz CT molecular complexity index is 654. The zero-order chi connectivity index (χ0) is 14.5. The van der Waals surface area contributed by atoms with Gasteiger partial charge in [0.15, 0.2) is 0 Å². The minimum Gasteiger partial charge on any atom is -0.290 e. The molecule has 0 aliphatic carbocycles. The van der Waals surface area contributed by atoms with E-state index in [1.165, 1.54) is 0 Å². The van der Waals surface area contributed by atoms with Crippen molar-refractivity contribution in [1.82, 2.24) is 15.4 Å². The fourth-order valence-corrected chi connectivity index (χ4v) is 2.13. The standard InChI is InChI=1S/C17H16N4/c1-18-21-17-19-15(13-8-4-2-5-9-13)12-16(20-17)14-10-6-3-7-11-14/h2-12,18H,1H3,(H,19,20,21). The Kier molecular flexibility index (Phi) is 3.89. The second kappa shape index (κ2) is 6.15. The van der Waals surface area contributed by atoms with E-state index in [-0.39, 0.29) is 0 Å². The van der Waals surface area contributed by atoms with Gasteiger partial charge in [-0.05, 0) is 6.07 Å². The van der Waals surface area contributed by atoms with Crippen molar-refractivity contribution in [2.75, 3.05) is 12.5 Å². The van der Waals surface area contributed by atoms with Crippen LogP contribution < -0.4 is 10.9 Å². The lowest BCUT2D eigenvalue weighted by Gasteiger charge is -2.09. The largest absolute Gasteiger partial charge is 0.290 e. The van der Waals surface area contributed by atoms with Gasteiger partial charge in [-0.15, -0.1) is 0 Å². The van der Waals surface area contributed by atoms with Gasteiger partial charge in [0.1, 0.15) is 0 Å². The summed E-state index contributed by atoms with van der Waals surface area (Å²) in [5.74, 6) is 0.553. The lowest BCUT2D eigenvalue weighted by molar-refractivity contribution is 0.941. The minimum absolute atomic E-state index is 0.553. The van der Waals surface area contributed by atoms with Crippen LogP contribution in [-0.4, -0.2) is 17.0 Å². The zero-order valence-electron chi connectivity index (χ0n) is 11.7. The molecule has 3 aromatic rings. The van der Waals surface area contributed by atoms with E-state index in [9.17, 15) is 0 Å². The molecule has 4 heteroatoms. The molecule has 0 bridgehead atoms. The highest BCUT2D eigenvalue weighted by molar-refractivity contribution is 5.69. The Morgan fingerprint density at radius 1 is 0.714 bits per heavy atom. The highest BCUT2D eigenvalue weighted by atomic mass is 15.4. The van der Waals surface area contributed by atoms with Gasteiger partial charge in [-0.1, -0.05) is 60.7 Å². The molecule has 3 rings (SSSR count). The summed E-state index contributed by atoms with van der Waals surface area (Å²) in [5.41, 5.74) is 9.74. The highest BCUT2D eigenvalue weighted by Crippen LogP contribution is 2.24. The smallest absolute Gasteiger partial charge is 0.238 e. The summed E-state index contributed by atoms with van der Waals surface area (Å²) >= 11 is 0. The van der Waals surface area contributed by atoms with E-state index in [0.29, 0.717) is 5.95 Å². The molecule has 2 aromatic carbocycles. The van der Waals surface area contributed by atoms with Crippen LogP contribution in [0.3, 0.4) is 0 Å². The summed E-state index contributed by atoms with van der Waals surface area (Å²) in [4.78, 5) is 9.07. The number of benzene rings is 2. The highest BCUT2D eigenvalue weighted by Gasteiger charge is 2.07. The lowest BCUT2D eigenvalue weighted by Crippen LogP contribution is -2.17. The van der Waals surface area contributed by atoms with E-state index in [1.54, 1.807) is 7.05 Å². The summed E-state index contributed by atoms with van der Waals surface area (Å²) in [6, 6.07) is 22.2. The lowest BCUT2D eigenvalue weighted by atomic mass is 10.1. The second-order valence-corrected chi connectivity index (χ2v) is 4.57. The molecule has 0 radical (unpaired) electrons. The first-order valence-electron chi connectivity index (χ1n) is 6.79. The average molecular weight is 276 g/mol. The molecule has 0 aliphatic rings. The molecular formula is C17H16N4. The van der Waals surface area contributed by atoms with Crippen molar-refractivity contribution in [3.8, 4) is 22.5 Å². The van der Waals surface area contributed by atoms with Crippen molar-refractivity contribution >= 4 is 5.95 Å². The third-order valence-corrected chi connectivity index (χ3v) is 3.10. The van der Waals surface area contributed by atoms with Crippen molar-refractivity contribution in [1.29, 1.82) is 0 Å². The Morgan fingerprint density at radius 2 is 1.19 bits per heavy atom. The van der Waals surface area contributed by atoms with E-state index in [1.807, 2.05) is 66.7 Å². The van der Waals surface area contributed by atoms with Crippen molar-refractivity contribution in [2.24, 2.45) is 0 Å². The van der Waals surface area contributed by atoms with Crippen LogP contribution in [0.1, 0.15) is 0 Å². The molecule has 0 atom stereocenters. The number of hydrogen-bond donors (Lipinski definition) is 2. The summed E-state index contributed by atoms with van der Waals surface area (Å²) in [5, 5.41) is 0. The fraction of sp³-hybridized carbons (Fsp3) is 0.0588. The van der Waals surface area contributed by atoms with Gasteiger partial charge < -0.3 is 0 Å². The molecule has 0 amide bonds. The normalized spacial score (nSPS) is 10.3. The van der Waals surface area contributed by atoms with Gasteiger partial charge in [-0.2, -0.15) is 0 Å². The quantitative estimate of drug-likeness (QED) is 0.717. The molecule has 0 aliphatic heterocycles. The number of nitrogens with zero attached hydrogens (tertiary/aromatic N) is 2. The maximum Gasteiger partial charge on any atom is 0.238 e. The number of nitrogens with one attached hydrogen (secondary N) is 2. The van der Waals surface area contributed by atoms with E-state index >= 15 is 0 Å². The first-order chi connectivity index (χ1) is 10.4. The van der Waals surface area contributed by atoms with Crippen LogP contribution in [0.4, 0.5) is 5.95 Å². The van der Waals surface area contributed by atoms with E-state index in [2.05, 4.69) is 20.8 Å². The van der Waals surface area contributed by atoms with Gasteiger partial charge in [0.05, 0.1) is 11.4 Å². The first-order valence-corrected chi connectivity index (χ1v) is 6.79. The number of hydrazine groups is 1. The molecule has 0 saturated heterocycles. The summed E-state index contributed by atoms with van der Waals surface area (Å²) < 4.78 is 0. The molecule has 4 nitrogen and oxygen atoms in total. The third-order valence-electron chi connectivity index (χ3n) is 3.10. The third kappa shape index (κ3) is 3.07. The maximum atomic E-state index is 4.53. The van der Waals surface area contributed by atoms with Crippen molar-refractivity contribution in [3.05, 3.63) is 66.7 Å². The van der Waals surface area contributed by atoms with Gasteiger partial charge in [0, 0.05) is 18.2 Å². The van der Waals surface area contributed by atoms with Crippen LogP contribution >= 0.6 is 0 Å². The predicted molar refractivity (Wildman–Crippen MR) is 85.6 cm³/mol. The fourth-order valence-electron chi connectivity index (χ4n) is 2.13. The Balaban J connectivity index is 2.11. The molecule has 1 heterocycles. The molecule has 0 fully saturated rings. The zero-order valence-corrected chi connectivity index (χ0v) is 11.7. The summed E-state index contributed by atoms with van der Waals surface area (Å²) in [7, 11) is 1.79.